The molecule has 1 N–H and O–H groups in total. The molecular weight excluding hydrogens is 439 g/mol. The van der Waals surface area contributed by atoms with Crippen molar-refractivity contribution in [2.45, 2.75) is 12.0 Å². The van der Waals surface area contributed by atoms with Gasteiger partial charge in [0.15, 0.2) is 0 Å². The highest BCUT2D eigenvalue weighted by Gasteiger charge is 2.42. The summed E-state index contributed by atoms with van der Waals surface area (Å²) in [5.41, 5.74) is 3.38. The molecule has 1 saturated heterocycles. The number of benzene rings is 3. The van der Waals surface area contributed by atoms with Gasteiger partial charge in [-0.1, -0.05) is 48.5 Å². The summed E-state index contributed by atoms with van der Waals surface area (Å²) in [5.74, 6) is 1.17. The van der Waals surface area contributed by atoms with E-state index >= 15 is 0 Å². The number of ether oxygens (including phenoxy) is 2. The van der Waals surface area contributed by atoms with E-state index in [0.29, 0.717) is 25.6 Å². The van der Waals surface area contributed by atoms with Crippen molar-refractivity contribution in [1.29, 1.82) is 0 Å². The van der Waals surface area contributed by atoms with Crippen molar-refractivity contribution in [3.63, 3.8) is 0 Å². The van der Waals surface area contributed by atoms with Crippen LogP contribution >= 0.6 is 22.6 Å². The van der Waals surface area contributed by atoms with Crippen LogP contribution in [0.2, 0.25) is 0 Å². The molecule has 0 aromatic heterocycles. The Morgan fingerprint density at radius 3 is 2.23 bits per heavy atom. The second kappa shape index (κ2) is 7.29. The highest BCUT2D eigenvalue weighted by atomic mass is 127. The normalized spacial score (nSPS) is 15.3. The highest BCUT2D eigenvalue weighted by molar-refractivity contribution is 14.1. The van der Waals surface area contributed by atoms with Gasteiger partial charge in [-0.2, -0.15) is 0 Å². The maximum absolute atomic E-state index is 9.80. The Bertz CT molecular complexity index is 887. The molecule has 0 spiro atoms. The number of phenolic OH excluding ortho intramolecular Hbond substituents is 1. The first kappa shape index (κ1) is 17.4. The Balaban J connectivity index is 1.54. The van der Waals surface area contributed by atoms with Crippen molar-refractivity contribution in [1.82, 2.24) is 0 Å². The van der Waals surface area contributed by atoms with Crippen LogP contribution in [0, 0.1) is 3.57 Å². The van der Waals surface area contributed by atoms with E-state index < -0.39 is 0 Å². The van der Waals surface area contributed by atoms with Gasteiger partial charge in [-0.15, -0.1) is 0 Å². The summed E-state index contributed by atoms with van der Waals surface area (Å²) in [7, 11) is 0. The fourth-order valence-electron chi connectivity index (χ4n) is 3.22. The number of halogens is 1. The van der Waals surface area contributed by atoms with Crippen molar-refractivity contribution in [2.75, 3.05) is 13.2 Å². The highest BCUT2D eigenvalue weighted by Crippen LogP contribution is 2.41. The molecule has 3 nitrogen and oxygen atoms in total. The van der Waals surface area contributed by atoms with E-state index in [2.05, 4.69) is 46.9 Å². The summed E-state index contributed by atoms with van der Waals surface area (Å²) in [6, 6.07) is 24.2. The summed E-state index contributed by atoms with van der Waals surface area (Å²) in [6.07, 6.45) is 0. The maximum atomic E-state index is 9.80. The zero-order valence-corrected chi connectivity index (χ0v) is 16.3. The van der Waals surface area contributed by atoms with E-state index in [9.17, 15) is 5.11 Å². The van der Waals surface area contributed by atoms with Crippen LogP contribution in [0.4, 0.5) is 0 Å². The molecule has 3 aromatic carbocycles. The average Bonchev–Trinajstić information content (AvgIpc) is 2.64. The second-order valence-electron chi connectivity index (χ2n) is 6.54. The van der Waals surface area contributed by atoms with Gasteiger partial charge < -0.3 is 14.6 Å². The van der Waals surface area contributed by atoms with Crippen molar-refractivity contribution in [2.24, 2.45) is 0 Å². The van der Waals surface area contributed by atoms with E-state index in [1.54, 1.807) is 6.07 Å². The van der Waals surface area contributed by atoms with Gasteiger partial charge in [-0.05, 0) is 63.5 Å². The molecule has 0 bridgehead atoms. The fraction of sp³-hybridized carbons (Fsp3) is 0.182. The smallest absolute Gasteiger partial charge is 0.128 e. The predicted molar refractivity (Wildman–Crippen MR) is 110 cm³/mol. The van der Waals surface area contributed by atoms with Crippen molar-refractivity contribution in [3.05, 3.63) is 93.1 Å². The van der Waals surface area contributed by atoms with Gasteiger partial charge in [0.1, 0.15) is 18.1 Å². The van der Waals surface area contributed by atoms with Crippen LogP contribution in [-0.4, -0.2) is 18.3 Å². The molecule has 0 radical (unpaired) electrons. The lowest BCUT2D eigenvalue weighted by molar-refractivity contribution is -0.0380. The monoisotopic (exact) mass is 458 g/mol. The van der Waals surface area contributed by atoms with Crippen molar-refractivity contribution >= 4 is 22.6 Å². The van der Waals surface area contributed by atoms with Gasteiger partial charge in [-0.25, -0.2) is 0 Å². The first-order valence-electron chi connectivity index (χ1n) is 8.51. The Hall–Kier alpha value is -2.05. The lowest BCUT2D eigenvalue weighted by atomic mass is 9.73. The summed E-state index contributed by atoms with van der Waals surface area (Å²) < 4.78 is 12.3. The molecular formula is C22H19IO3. The predicted octanol–water partition coefficient (Wildman–Crippen LogP) is 4.89. The largest absolute Gasteiger partial charge is 0.507 e. The van der Waals surface area contributed by atoms with Gasteiger partial charge in [0, 0.05) is 0 Å². The van der Waals surface area contributed by atoms with Crippen molar-refractivity contribution < 1.29 is 14.6 Å². The molecule has 1 aliphatic rings. The first-order chi connectivity index (χ1) is 12.7. The summed E-state index contributed by atoms with van der Waals surface area (Å²) in [6.45, 7) is 1.86. The second-order valence-corrected chi connectivity index (χ2v) is 7.70. The Labute approximate surface area is 166 Å². The topological polar surface area (TPSA) is 38.7 Å². The summed E-state index contributed by atoms with van der Waals surface area (Å²) >= 11 is 2.16. The third-order valence-corrected chi connectivity index (χ3v) is 5.72. The molecule has 0 saturated carbocycles. The standard InChI is InChI=1S/C22H19IO3/c23-20-12-18(8-11-21(20)24)22(14-25-15-22)17-6-9-19(10-7-17)26-13-16-4-2-1-3-5-16/h1-12,24H,13-15H2. The van der Waals surface area contributed by atoms with Gasteiger partial charge in [-0.3, -0.25) is 0 Å². The van der Waals surface area contributed by atoms with Crippen molar-refractivity contribution in [3.8, 4) is 11.5 Å². The molecule has 26 heavy (non-hydrogen) atoms. The minimum absolute atomic E-state index is 0.147. The molecule has 0 atom stereocenters. The third kappa shape index (κ3) is 3.31. The lowest BCUT2D eigenvalue weighted by Gasteiger charge is -2.42. The minimum atomic E-state index is -0.147. The van der Waals surface area contributed by atoms with Crippen LogP contribution in [0.25, 0.3) is 0 Å². The number of phenols is 1. The average molecular weight is 458 g/mol. The van der Waals surface area contributed by atoms with E-state index in [4.69, 9.17) is 9.47 Å². The zero-order valence-electron chi connectivity index (χ0n) is 14.2. The maximum Gasteiger partial charge on any atom is 0.128 e. The lowest BCUT2D eigenvalue weighted by Crippen LogP contribution is -2.47. The molecule has 0 unspecified atom stereocenters. The van der Waals surface area contributed by atoms with Crippen LogP contribution < -0.4 is 4.74 Å². The van der Waals surface area contributed by atoms with Gasteiger partial charge >= 0.3 is 0 Å². The fourth-order valence-corrected chi connectivity index (χ4v) is 3.74. The zero-order chi connectivity index (χ0) is 18.0. The molecule has 0 aliphatic carbocycles. The SMILES string of the molecule is Oc1ccc(C2(c3ccc(OCc4ccccc4)cc3)COC2)cc1I. The van der Waals surface area contributed by atoms with Crippen LogP contribution in [0.15, 0.2) is 72.8 Å². The third-order valence-electron chi connectivity index (χ3n) is 4.85. The van der Waals surface area contributed by atoms with Crippen LogP contribution in [0.5, 0.6) is 11.5 Å². The van der Waals surface area contributed by atoms with E-state index in [0.717, 1.165) is 14.9 Å². The molecule has 0 amide bonds. The molecule has 4 heteroatoms. The van der Waals surface area contributed by atoms with E-state index in [-0.39, 0.29) is 5.41 Å². The van der Waals surface area contributed by atoms with Gasteiger partial charge in [0.2, 0.25) is 0 Å². The summed E-state index contributed by atoms with van der Waals surface area (Å²) in [4.78, 5) is 0. The number of hydrogen-bond acceptors (Lipinski definition) is 3. The van der Waals surface area contributed by atoms with Crippen LogP contribution in [0.1, 0.15) is 16.7 Å². The molecule has 1 aliphatic heterocycles. The first-order valence-corrected chi connectivity index (χ1v) is 9.59. The quantitative estimate of drug-likeness (QED) is 0.554. The van der Waals surface area contributed by atoms with E-state index in [1.807, 2.05) is 42.5 Å². The van der Waals surface area contributed by atoms with E-state index in [1.165, 1.54) is 11.1 Å². The van der Waals surface area contributed by atoms with Crippen LogP contribution in [-0.2, 0) is 16.8 Å². The Morgan fingerprint density at radius 2 is 1.62 bits per heavy atom. The number of aromatic hydroxyl groups is 1. The van der Waals surface area contributed by atoms with Crippen LogP contribution in [0.3, 0.4) is 0 Å². The van der Waals surface area contributed by atoms with Gasteiger partial charge in [0.05, 0.1) is 22.2 Å². The molecule has 1 fully saturated rings. The molecule has 4 rings (SSSR count). The minimum Gasteiger partial charge on any atom is -0.507 e. The van der Waals surface area contributed by atoms with Gasteiger partial charge in [0.25, 0.3) is 0 Å². The molecule has 3 aromatic rings. The Morgan fingerprint density at radius 1 is 0.923 bits per heavy atom. The number of hydrogen-bond donors (Lipinski definition) is 1. The number of rotatable bonds is 5. The Kier molecular flexibility index (Phi) is 4.87. The summed E-state index contributed by atoms with van der Waals surface area (Å²) in [5, 5.41) is 9.80. The molecule has 132 valence electrons. The molecule has 1 heterocycles.